The van der Waals surface area contributed by atoms with Crippen LogP contribution in [0.25, 0.3) is 0 Å². The van der Waals surface area contributed by atoms with Crippen LogP contribution >= 0.6 is 0 Å². The Morgan fingerprint density at radius 3 is 1.90 bits per heavy atom. The van der Waals surface area contributed by atoms with Crippen LogP contribution in [0.4, 0.5) is 0 Å². The Morgan fingerprint density at radius 1 is 0.850 bits per heavy atom. The molecule has 0 rings (SSSR count). The number of methoxy groups -OCH3 is 1. The first-order valence-electron chi connectivity index (χ1n) is 8.14. The number of unbranched alkanes of at least 4 members (excludes halogenated alkanes) is 9. The van der Waals surface area contributed by atoms with Gasteiger partial charge in [-0.1, -0.05) is 44.3 Å². The van der Waals surface area contributed by atoms with Gasteiger partial charge in [-0.25, -0.2) is 0 Å². The van der Waals surface area contributed by atoms with Gasteiger partial charge in [0, 0.05) is 13.0 Å². The van der Waals surface area contributed by atoms with Crippen LogP contribution in [0.5, 0.6) is 0 Å². The number of hydrogen-bond acceptors (Lipinski definition) is 3. The number of rotatable bonds is 14. The van der Waals surface area contributed by atoms with Crippen molar-refractivity contribution in [1.82, 2.24) is 0 Å². The second-order valence-corrected chi connectivity index (χ2v) is 5.28. The van der Waals surface area contributed by atoms with Crippen molar-refractivity contribution in [3.8, 4) is 0 Å². The number of hydrogen-bond donors (Lipinski definition) is 1. The first kappa shape index (κ1) is 19.2. The molecule has 0 fully saturated rings. The van der Waals surface area contributed by atoms with Gasteiger partial charge in [0.05, 0.1) is 7.11 Å². The van der Waals surface area contributed by atoms with Gasteiger partial charge in [0.1, 0.15) is 0 Å². The third-order valence-corrected chi connectivity index (χ3v) is 3.42. The van der Waals surface area contributed by atoms with Gasteiger partial charge < -0.3 is 9.84 Å². The normalized spacial score (nSPS) is 11.1. The molecule has 3 nitrogen and oxygen atoms in total. The highest BCUT2D eigenvalue weighted by molar-refractivity contribution is 5.68. The molecule has 0 spiro atoms. The zero-order chi connectivity index (χ0) is 14.9. The Kier molecular flexibility index (Phi) is 15.6. The summed E-state index contributed by atoms with van der Waals surface area (Å²) in [5.74, 6) is -0.0977. The Balaban J connectivity index is 3.11. The molecule has 0 bridgehead atoms. The van der Waals surface area contributed by atoms with E-state index in [9.17, 15) is 4.79 Å². The highest BCUT2D eigenvalue weighted by Gasteiger charge is 1.98. The quantitative estimate of drug-likeness (QED) is 0.292. The maximum absolute atomic E-state index is 10.9. The zero-order valence-corrected chi connectivity index (χ0v) is 13.1. The second-order valence-electron chi connectivity index (χ2n) is 5.28. The molecule has 0 radical (unpaired) electrons. The Morgan fingerprint density at radius 2 is 1.35 bits per heavy atom. The molecular formula is C17H32O3. The Hall–Kier alpha value is -0.830. The van der Waals surface area contributed by atoms with Crippen LogP contribution in [0.2, 0.25) is 0 Å². The van der Waals surface area contributed by atoms with Crippen molar-refractivity contribution >= 4 is 5.97 Å². The third kappa shape index (κ3) is 15.2. The fourth-order valence-corrected chi connectivity index (χ4v) is 2.13. The van der Waals surface area contributed by atoms with Gasteiger partial charge in [0.25, 0.3) is 0 Å². The molecule has 0 unspecified atom stereocenters. The predicted molar refractivity (Wildman–Crippen MR) is 83.6 cm³/mol. The SMILES string of the molecule is COC(=O)CCCCC/C=C/CCCCCCCCO. The molecule has 0 atom stereocenters. The van der Waals surface area contributed by atoms with Gasteiger partial charge >= 0.3 is 5.97 Å². The summed E-state index contributed by atoms with van der Waals surface area (Å²) in [4.78, 5) is 10.9. The topological polar surface area (TPSA) is 46.5 Å². The number of ether oxygens (including phenoxy) is 1. The van der Waals surface area contributed by atoms with Crippen molar-refractivity contribution in [3.63, 3.8) is 0 Å². The molecule has 0 saturated carbocycles. The van der Waals surface area contributed by atoms with E-state index in [2.05, 4.69) is 16.9 Å². The lowest BCUT2D eigenvalue weighted by Gasteiger charge is -1.99. The molecular weight excluding hydrogens is 252 g/mol. The van der Waals surface area contributed by atoms with Gasteiger partial charge in [-0.15, -0.1) is 0 Å². The molecule has 1 N–H and O–H groups in total. The number of carbonyl (C=O) groups is 1. The average Bonchev–Trinajstić information content (AvgIpc) is 2.47. The van der Waals surface area contributed by atoms with E-state index in [1.165, 1.54) is 39.2 Å². The Bertz CT molecular complexity index is 236. The van der Waals surface area contributed by atoms with E-state index in [1.54, 1.807) is 0 Å². The summed E-state index contributed by atoms with van der Waals surface area (Å²) in [6.07, 6.45) is 17.9. The minimum absolute atomic E-state index is 0.0977. The minimum atomic E-state index is -0.0977. The summed E-state index contributed by atoms with van der Waals surface area (Å²) in [5, 5.41) is 8.65. The maximum Gasteiger partial charge on any atom is 0.305 e. The smallest absolute Gasteiger partial charge is 0.305 e. The van der Waals surface area contributed by atoms with Gasteiger partial charge in [-0.05, 0) is 38.5 Å². The summed E-state index contributed by atoms with van der Waals surface area (Å²) in [7, 11) is 1.44. The molecule has 0 aromatic heterocycles. The summed E-state index contributed by atoms with van der Waals surface area (Å²) < 4.78 is 4.60. The molecule has 0 amide bonds. The molecule has 0 aromatic rings. The number of allylic oxidation sites excluding steroid dienone is 2. The second kappa shape index (κ2) is 16.2. The molecule has 0 saturated heterocycles. The standard InChI is InChI=1S/C17H32O3/c1-20-17(19)15-13-11-9-7-5-3-2-4-6-8-10-12-14-16-18/h3,5,18H,2,4,6-16H2,1H3/b5-3+. The summed E-state index contributed by atoms with van der Waals surface area (Å²) >= 11 is 0. The van der Waals surface area contributed by atoms with Crippen LogP contribution in [0.3, 0.4) is 0 Å². The highest BCUT2D eigenvalue weighted by atomic mass is 16.5. The molecule has 0 aliphatic rings. The number of aliphatic hydroxyl groups excluding tert-OH is 1. The van der Waals surface area contributed by atoms with Gasteiger partial charge in [-0.2, -0.15) is 0 Å². The fraction of sp³-hybridized carbons (Fsp3) is 0.824. The lowest BCUT2D eigenvalue weighted by atomic mass is 10.1. The fourth-order valence-electron chi connectivity index (χ4n) is 2.13. The van der Waals surface area contributed by atoms with E-state index in [1.807, 2.05) is 0 Å². The van der Waals surface area contributed by atoms with Crippen molar-refractivity contribution in [3.05, 3.63) is 12.2 Å². The van der Waals surface area contributed by atoms with Crippen molar-refractivity contribution in [2.24, 2.45) is 0 Å². The highest BCUT2D eigenvalue weighted by Crippen LogP contribution is 2.08. The van der Waals surface area contributed by atoms with Crippen molar-refractivity contribution in [2.75, 3.05) is 13.7 Å². The summed E-state index contributed by atoms with van der Waals surface area (Å²) in [6, 6.07) is 0. The van der Waals surface area contributed by atoms with E-state index in [0.717, 1.165) is 38.5 Å². The summed E-state index contributed by atoms with van der Waals surface area (Å²) in [6.45, 7) is 0.336. The first-order chi connectivity index (χ1) is 9.81. The van der Waals surface area contributed by atoms with E-state index < -0.39 is 0 Å². The third-order valence-electron chi connectivity index (χ3n) is 3.42. The van der Waals surface area contributed by atoms with Gasteiger partial charge in [0.15, 0.2) is 0 Å². The molecule has 0 aliphatic carbocycles. The van der Waals surface area contributed by atoms with Crippen molar-refractivity contribution < 1.29 is 14.6 Å². The lowest BCUT2D eigenvalue weighted by molar-refractivity contribution is -0.140. The molecule has 0 heterocycles. The molecule has 20 heavy (non-hydrogen) atoms. The minimum Gasteiger partial charge on any atom is -0.469 e. The Labute approximate surface area is 124 Å². The first-order valence-corrected chi connectivity index (χ1v) is 8.14. The summed E-state index contributed by atoms with van der Waals surface area (Å²) in [5.41, 5.74) is 0. The van der Waals surface area contributed by atoms with Crippen molar-refractivity contribution in [2.45, 2.75) is 77.0 Å². The largest absolute Gasteiger partial charge is 0.469 e. The number of aliphatic hydroxyl groups is 1. The van der Waals surface area contributed by atoms with Crippen LogP contribution in [0.15, 0.2) is 12.2 Å². The van der Waals surface area contributed by atoms with E-state index >= 15 is 0 Å². The molecule has 118 valence electrons. The molecule has 3 heteroatoms. The van der Waals surface area contributed by atoms with Crippen LogP contribution in [-0.4, -0.2) is 24.8 Å². The predicted octanol–water partition coefficient (Wildman–Crippen LogP) is 4.39. The van der Waals surface area contributed by atoms with Gasteiger partial charge in [0.2, 0.25) is 0 Å². The zero-order valence-electron chi connectivity index (χ0n) is 13.1. The number of carbonyl (C=O) groups excluding carboxylic acids is 1. The van der Waals surface area contributed by atoms with Gasteiger partial charge in [-0.3, -0.25) is 4.79 Å². The lowest BCUT2D eigenvalue weighted by Crippen LogP contribution is -1.98. The molecule has 0 aliphatic heterocycles. The maximum atomic E-state index is 10.9. The van der Waals surface area contributed by atoms with Crippen LogP contribution in [0, 0.1) is 0 Å². The van der Waals surface area contributed by atoms with Crippen molar-refractivity contribution in [1.29, 1.82) is 0 Å². The monoisotopic (exact) mass is 284 g/mol. The van der Waals surface area contributed by atoms with E-state index in [4.69, 9.17) is 5.11 Å². The van der Waals surface area contributed by atoms with E-state index in [-0.39, 0.29) is 5.97 Å². The van der Waals surface area contributed by atoms with Crippen LogP contribution in [-0.2, 0) is 9.53 Å². The van der Waals surface area contributed by atoms with Crippen LogP contribution in [0.1, 0.15) is 77.0 Å². The molecule has 0 aromatic carbocycles. The number of esters is 1. The van der Waals surface area contributed by atoms with Crippen LogP contribution < -0.4 is 0 Å². The van der Waals surface area contributed by atoms with E-state index in [0.29, 0.717) is 13.0 Å². The average molecular weight is 284 g/mol.